The molecule has 94 valence electrons. The Hall–Kier alpha value is -1.75. The lowest BCUT2D eigenvalue weighted by Gasteiger charge is -2.17. The Morgan fingerprint density at radius 1 is 1.29 bits per heavy atom. The standard InChI is InChI=1S/C12H19N3O2/c1-15(4-3-5-17-2)12(16)9-6-10(13)8-11(14)7-9/h6-8H,3-5,13-14H2,1-2H3. The first-order valence-corrected chi connectivity index (χ1v) is 5.45. The number of hydrogen-bond donors (Lipinski definition) is 2. The highest BCUT2D eigenvalue weighted by Gasteiger charge is 2.12. The largest absolute Gasteiger partial charge is 0.399 e. The summed E-state index contributed by atoms with van der Waals surface area (Å²) in [5, 5.41) is 0. The van der Waals surface area contributed by atoms with Crippen molar-refractivity contribution < 1.29 is 9.53 Å². The topological polar surface area (TPSA) is 81.6 Å². The van der Waals surface area contributed by atoms with Gasteiger partial charge in [0.1, 0.15) is 0 Å². The van der Waals surface area contributed by atoms with Crippen LogP contribution in [0.25, 0.3) is 0 Å². The van der Waals surface area contributed by atoms with Crippen molar-refractivity contribution in [3.05, 3.63) is 23.8 Å². The minimum atomic E-state index is -0.0832. The molecule has 1 rings (SSSR count). The van der Waals surface area contributed by atoms with E-state index >= 15 is 0 Å². The molecule has 0 aliphatic heterocycles. The monoisotopic (exact) mass is 237 g/mol. The molecule has 0 spiro atoms. The normalized spacial score (nSPS) is 10.2. The van der Waals surface area contributed by atoms with Crippen LogP contribution in [-0.4, -0.2) is 38.1 Å². The van der Waals surface area contributed by atoms with E-state index in [1.807, 2.05) is 0 Å². The molecule has 0 heterocycles. The second-order valence-electron chi connectivity index (χ2n) is 3.96. The SMILES string of the molecule is COCCCN(C)C(=O)c1cc(N)cc(N)c1. The molecule has 5 nitrogen and oxygen atoms in total. The minimum absolute atomic E-state index is 0.0832. The first kappa shape index (κ1) is 13.3. The average molecular weight is 237 g/mol. The van der Waals surface area contributed by atoms with E-state index in [1.165, 1.54) is 0 Å². The summed E-state index contributed by atoms with van der Waals surface area (Å²) in [5.41, 5.74) is 12.8. The first-order chi connectivity index (χ1) is 8.04. The van der Waals surface area contributed by atoms with Crippen LogP contribution < -0.4 is 11.5 Å². The summed E-state index contributed by atoms with van der Waals surface area (Å²) in [6, 6.07) is 4.89. The van der Waals surface area contributed by atoms with E-state index in [0.717, 1.165) is 6.42 Å². The first-order valence-electron chi connectivity index (χ1n) is 5.45. The van der Waals surface area contributed by atoms with E-state index in [2.05, 4.69) is 0 Å². The van der Waals surface area contributed by atoms with Gasteiger partial charge in [0.05, 0.1) is 0 Å². The summed E-state index contributed by atoms with van der Waals surface area (Å²) in [6.45, 7) is 1.28. The van der Waals surface area contributed by atoms with Gasteiger partial charge in [-0.05, 0) is 24.6 Å². The number of anilines is 2. The van der Waals surface area contributed by atoms with Crippen molar-refractivity contribution in [2.45, 2.75) is 6.42 Å². The maximum absolute atomic E-state index is 12.0. The van der Waals surface area contributed by atoms with E-state index in [9.17, 15) is 4.79 Å². The predicted molar refractivity (Wildman–Crippen MR) is 68.7 cm³/mol. The molecule has 1 amide bonds. The van der Waals surface area contributed by atoms with Crippen LogP contribution in [0.1, 0.15) is 16.8 Å². The molecule has 1 aromatic carbocycles. The molecule has 0 aromatic heterocycles. The number of methoxy groups -OCH3 is 1. The maximum atomic E-state index is 12.0. The molecule has 0 unspecified atom stereocenters. The number of amides is 1. The zero-order valence-corrected chi connectivity index (χ0v) is 10.3. The van der Waals surface area contributed by atoms with Crippen LogP contribution in [0.2, 0.25) is 0 Å². The number of nitrogens with two attached hydrogens (primary N) is 2. The Bertz CT molecular complexity index is 373. The minimum Gasteiger partial charge on any atom is -0.399 e. The maximum Gasteiger partial charge on any atom is 0.253 e. The van der Waals surface area contributed by atoms with Crippen LogP contribution in [-0.2, 0) is 4.74 Å². The number of hydrogen-bond acceptors (Lipinski definition) is 4. The summed E-state index contributed by atoms with van der Waals surface area (Å²) in [4.78, 5) is 13.6. The summed E-state index contributed by atoms with van der Waals surface area (Å²) in [6.07, 6.45) is 0.802. The van der Waals surface area contributed by atoms with Crippen molar-refractivity contribution in [1.29, 1.82) is 0 Å². The van der Waals surface area contributed by atoms with Gasteiger partial charge in [0.2, 0.25) is 0 Å². The fourth-order valence-corrected chi connectivity index (χ4v) is 1.57. The van der Waals surface area contributed by atoms with E-state index < -0.39 is 0 Å². The summed E-state index contributed by atoms with van der Waals surface area (Å²) in [5.74, 6) is -0.0832. The van der Waals surface area contributed by atoms with Crippen LogP contribution in [0.3, 0.4) is 0 Å². The Kier molecular flexibility index (Phi) is 4.78. The molecule has 17 heavy (non-hydrogen) atoms. The number of rotatable bonds is 5. The lowest BCUT2D eigenvalue weighted by molar-refractivity contribution is 0.0779. The Labute approximate surface area is 101 Å². The average Bonchev–Trinajstić information content (AvgIpc) is 2.27. The van der Waals surface area contributed by atoms with Gasteiger partial charge in [-0.1, -0.05) is 0 Å². The summed E-state index contributed by atoms with van der Waals surface area (Å²) in [7, 11) is 3.39. The zero-order valence-electron chi connectivity index (χ0n) is 10.3. The van der Waals surface area contributed by atoms with Crippen molar-refractivity contribution in [2.75, 3.05) is 38.8 Å². The number of nitrogen functional groups attached to an aromatic ring is 2. The van der Waals surface area contributed by atoms with Gasteiger partial charge in [-0.25, -0.2) is 0 Å². The van der Waals surface area contributed by atoms with Crippen LogP contribution in [0.5, 0.6) is 0 Å². The third kappa shape index (κ3) is 3.96. The van der Waals surface area contributed by atoms with Crippen molar-refractivity contribution in [2.24, 2.45) is 0 Å². The van der Waals surface area contributed by atoms with E-state index in [-0.39, 0.29) is 5.91 Å². The predicted octanol–water partition coefficient (Wildman–Crippen LogP) is 0.960. The molecule has 0 radical (unpaired) electrons. The Balaban J connectivity index is 2.68. The highest BCUT2D eigenvalue weighted by molar-refractivity contribution is 5.95. The number of ether oxygens (including phenoxy) is 1. The molecular formula is C12H19N3O2. The molecule has 0 fully saturated rings. The van der Waals surface area contributed by atoms with E-state index in [0.29, 0.717) is 30.1 Å². The molecular weight excluding hydrogens is 218 g/mol. The fraction of sp³-hybridized carbons (Fsp3) is 0.417. The molecule has 1 aromatic rings. The van der Waals surface area contributed by atoms with Crippen molar-refractivity contribution in [3.63, 3.8) is 0 Å². The van der Waals surface area contributed by atoms with Gasteiger partial charge < -0.3 is 21.1 Å². The van der Waals surface area contributed by atoms with Crippen LogP contribution >= 0.6 is 0 Å². The molecule has 0 aliphatic carbocycles. The van der Waals surface area contributed by atoms with Crippen LogP contribution in [0.4, 0.5) is 11.4 Å². The quantitative estimate of drug-likeness (QED) is 0.590. The lowest BCUT2D eigenvalue weighted by Crippen LogP contribution is -2.28. The number of carbonyl (C=O) groups is 1. The Morgan fingerprint density at radius 2 is 1.88 bits per heavy atom. The van der Waals surface area contributed by atoms with Crippen LogP contribution in [0, 0.1) is 0 Å². The molecule has 0 saturated carbocycles. The van der Waals surface area contributed by atoms with E-state index in [1.54, 1.807) is 37.3 Å². The molecule has 0 saturated heterocycles. The number of nitrogens with zero attached hydrogens (tertiary/aromatic N) is 1. The molecule has 0 atom stereocenters. The molecule has 0 bridgehead atoms. The van der Waals surface area contributed by atoms with Gasteiger partial charge >= 0.3 is 0 Å². The third-order valence-corrected chi connectivity index (χ3v) is 2.41. The molecule has 5 heteroatoms. The Morgan fingerprint density at radius 3 is 2.41 bits per heavy atom. The molecule has 0 aliphatic rings. The van der Waals surface area contributed by atoms with E-state index in [4.69, 9.17) is 16.2 Å². The second kappa shape index (κ2) is 6.10. The summed E-state index contributed by atoms with van der Waals surface area (Å²) < 4.78 is 4.94. The second-order valence-corrected chi connectivity index (χ2v) is 3.96. The van der Waals surface area contributed by atoms with Crippen molar-refractivity contribution >= 4 is 17.3 Å². The highest BCUT2D eigenvalue weighted by atomic mass is 16.5. The number of benzene rings is 1. The highest BCUT2D eigenvalue weighted by Crippen LogP contribution is 2.15. The molecule has 4 N–H and O–H groups in total. The van der Waals surface area contributed by atoms with Crippen LogP contribution in [0.15, 0.2) is 18.2 Å². The lowest BCUT2D eigenvalue weighted by atomic mass is 10.1. The van der Waals surface area contributed by atoms with Crippen molar-refractivity contribution in [1.82, 2.24) is 4.90 Å². The van der Waals surface area contributed by atoms with Gasteiger partial charge in [0, 0.05) is 44.2 Å². The summed E-state index contributed by atoms with van der Waals surface area (Å²) >= 11 is 0. The van der Waals surface area contributed by atoms with Gasteiger partial charge in [-0.15, -0.1) is 0 Å². The number of carbonyl (C=O) groups excluding carboxylic acids is 1. The fourth-order valence-electron chi connectivity index (χ4n) is 1.57. The zero-order chi connectivity index (χ0) is 12.8. The smallest absolute Gasteiger partial charge is 0.253 e. The van der Waals surface area contributed by atoms with Gasteiger partial charge in [0.15, 0.2) is 0 Å². The third-order valence-electron chi connectivity index (χ3n) is 2.41. The van der Waals surface area contributed by atoms with Gasteiger partial charge in [0.25, 0.3) is 5.91 Å². The van der Waals surface area contributed by atoms with Crippen molar-refractivity contribution in [3.8, 4) is 0 Å². The van der Waals surface area contributed by atoms with Gasteiger partial charge in [-0.2, -0.15) is 0 Å². The van der Waals surface area contributed by atoms with Gasteiger partial charge in [-0.3, -0.25) is 4.79 Å².